The molecule has 7 aromatic rings. The molecule has 1 heterocycles. The van der Waals surface area contributed by atoms with Crippen molar-refractivity contribution in [3.63, 3.8) is 0 Å². The van der Waals surface area contributed by atoms with Crippen molar-refractivity contribution >= 4 is 43.5 Å². The fraction of sp³-hybridized carbons (Fsp3) is 0.0303. The van der Waals surface area contributed by atoms with Crippen LogP contribution in [0.5, 0.6) is 0 Å². The van der Waals surface area contributed by atoms with E-state index in [1.165, 1.54) is 38.2 Å². The summed E-state index contributed by atoms with van der Waals surface area (Å²) in [7, 11) is 0. The number of nitrogens with two attached hydrogens (primary N) is 1. The second-order valence-electron chi connectivity index (χ2n) is 9.08. The van der Waals surface area contributed by atoms with Crippen LogP contribution in [0.1, 0.15) is 5.56 Å². The average Bonchev–Trinajstić information content (AvgIpc) is 3.31. The highest BCUT2D eigenvalue weighted by Crippen LogP contribution is 2.40. The van der Waals surface area contributed by atoms with Crippen molar-refractivity contribution in [1.82, 2.24) is 0 Å². The van der Waals surface area contributed by atoms with E-state index >= 15 is 0 Å². The average molecular weight is 450 g/mol. The van der Waals surface area contributed by atoms with Crippen molar-refractivity contribution in [3.8, 4) is 22.3 Å². The summed E-state index contributed by atoms with van der Waals surface area (Å²) in [5.74, 6) is 0. The number of hydrogen-bond donors (Lipinski definition) is 1. The van der Waals surface area contributed by atoms with Crippen molar-refractivity contribution in [2.45, 2.75) is 6.54 Å². The fourth-order valence-electron chi connectivity index (χ4n) is 5.35. The van der Waals surface area contributed by atoms with Gasteiger partial charge in [0.2, 0.25) is 0 Å². The molecule has 0 aliphatic carbocycles. The van der Waals surface area contributed by atoms with E-state index in [4.69, 9.17) is 10.2 Å². The summed E-state index contributed by atoms with van der Waals surface area (Å²) in [6.45, 7) is 0.544. The van der Waals surface area contributed by atoms with Crippen LogP contribution in [0.3, 0.4) is 0 Å². The molecular weight excluding hydrogens is 426 g/mol. The summed E-state index contributed by atoms with van der Waals surface area (Å²) in [5, 5.41) is 7.35. The molecule has 0 saturated carbocycles. The van der Waals surface area contributed by atoms with Gasteiger partial charge in [0, 0.05) is 17.3 Å². The zero-order chi connectivity index (χ0) is 23.4. The van der Waals surface area contributed by atoms with E-state index in [0.29, 0.717) is 6.54 Å². The SMILES string of the molecule is NCc1ccc(-c2cccc3oc4ccc(-c5cc6ccccc6c6ccccc56)cc4c23)cc1. The maximum Gasteiger partial charge on any atom is 0.136 e. The van der Waals surface area contributed by atoms with Gasteiger partial charge in [-0.3, -0.25) is 0 Å². The fourth-order valence-corrected chi connectivity index (χ4v) is 5.35. The van der Waals surface area contributed by atoms with Gasteiger partial charge in [-0.05, 0) is 73.6 Å². The Morgan fingerprint density at radius 3 is 2.09 bits per heavy atom. The predicted octanol–water partition coefficient (Wildman–Crippen LogP) is 8.69. The van der Waals surface area contributed by atoms with Gasteiger partial charge in [0.1, 0.15) is 11.2 Å². The summed E-state index contributed by atoms with van der Waals surface area (Å²) < 4.78 is 6.29. The molecule has 166 valence electrons. The van der Waals surface area contributed by atoms with Crippen LogP contribution in [0.4, 0.5) is 0 Å². The highest BCUT2D eigenvalue weighted by molar-refractivity contribution is 6.16. The van der Waals surface area contributed by atoms with Crippen LogP contribution in [0.25, 0.3) is 65.7 Å². The summed E-state index contributed by atoms with van der Waals surface area (Å²) >= 11 is 0. The third kappa shape index (κ3) is 3.15. The summed E-state index contributed by atoms with van der Waals surface area (Å²) in [5.41, 5.74) is 13.5. The van der Waals surface area contributed by atoms with Crippen molar-refractivity contribution in [2.75, 3.05) is 0 Å². The van der Waals surface area contributed by atoms with Gasteiger partial charge >= 0.3 is 0 Å². The molecule has 1 aromatic heterocycles. The van der Waals surface area contributed by atoms with Gasteiger partial charge in [0.15, 0.2) is 0 Å². The maximum absolute atomic E-state index is 6.29. The lowest BCUT2D eigenvalue weighted by molar-refractivity contribution is 0.669. The molecule has 0 unspecified atom stereocenters. The Labute approximate surface area is 203 Å². The van der Waals surface area contributed by atoms with Crippen LogP contribution in [0, 0.1) is 0 Å². The minimum atomic E-state index is 0.544. The van der Waals surface area contributed by atoms with Crippen LogP contribution < -0.4 is 5.73 Å². The van der Waals surface area contributed by atoms with Crippen molar-refractivity contribution < 1.29 is 4.42 Å². The van der Waals surface area contributed by atoms with Crippen molar-refractivity contribution in [2.24, 2.45) is 5.73 Å². The molecule has 0 bridgehead atoms. The molecule has 0 spiro atoms. The lowest BCUT2D eigenvalue weighted by Crippen LogP contribution is -1.95. The van der Waals surface area contributed by atoms with E-state index in [1.54, 1.807) is 0 Å². The second kappa shape index (κ2) is 7.83. The van der Waals surface area contributed by atoms with Gasteiger partial charge in [-0.15, -0.1) is 0 Å². The van der Waals surface area contributed by atoms with Crippen LogP contribution in [-0.2, 0) is 6.54 Å². The molecule has 0 saturated heterocycles. The maximum atomic E-state index is 6.29. The highest BCUT2D eigenvalue weighted by atomic mass is 16.3. The number of fused-ring (bicyclic) bond motifs is 6. The predicted molar refractivity (Wildman–Crippen MR) is 147 cm³/mol. The largest absolute Gasteiger partial charge is 0.456 e. The van der Waals surface area contributed by atoms with Crippen molar-refractivity contribution in [1.29, 1.82) is 0 Å². The molecule has 6 aromatic carbocycles. The van der Waals surface area contributed by atoms with E-state index in [-0.39, 0.29) is 0 Å². The Bertz CT molecular complexity index is 1880. The Morgan fingerprint density at radius 1 is 0.514 bits per heavy atom. The van der Waals surface area contributed by atoms with Crippen LogP contribution in [0.2, 0.25) is 0 Å². The lowest BCUT2D eigenvalue weighted by atomic mass is 9.92. The first-order chi connectivity index (χ1) is 17.3. The van der Waals surface area contributed by atoms with Gasteiger partial charge in [0.05, 0.1) is 0 Å². The molecule has 0 aliphatic rings. The van der Waals surface area contributed by atoms with Crippen molar-refractivity contribution in [3.05, 3.63) is 121 Å². The molecule has 0 fully saturated rings. The standard InChI is InChI=1S/C33H23NO/c34-20-21-12-14-22(15-13-21)26-10-5-11-32-33(26)30-19-24(16-17-31(30)35-32)29-18-23-6-1-2-7-25(23)27-8-3-4-9-28(27)29/h1-19H,20,34H2. The highest BCUT2D eigenvalue weighted by Gasteiger charge is 2.15. The molecule has 7 rings (SSSR count). The van der Waals surface area contributed by atoms with E-state index in [9.17, 15) is 0 Å². The molecule has 0 amide bonds. The van der Waals surface area contributed by atoms with E-state index in [1.807, 2.05) is 0 Å². The normalized spacial score (nSPS) is 11.7. The monoisotopic (exact) mass is 449 g/mol. The molecule has 0 radical (unpaired) electrons. The first-order valence-corrected chi connectivity index (χ1v) is 12.0. The topological polar surface area (TPSA) is 39.2 Å². The first kappa shape index (κ1) is 20.0. The number of rotatable bonds is 3. The zero-order valence-electron chi connectivity index (χ0n) is 19.2. The van der Waals surface area contributed by atoms with E-state index < -0.39 is 0 Å². The Morgan fingerprint density at radius 2 is 1.26 bits per heavy atom. The van der Waals surface area contributed by atoms with Crippen LogP contribution in [-0.4, -0.2) is 0 Å². The molecule has 0 aliphatic heterocycles. The van der Waals surface area contributed by atoms with Crippen LogP contribution >= 0.6 is 0 Å². The number of furan rings is 1. The second-order valence-corrected chi connectivity index (χ2v) is 9.08. The Balaban J connectivity index is 1.51. The third-order valence-corrected chi connectivity index (χ3v) is 7.07. The summed E-state index contributed by atoms with van der Waals surface area (Å²) in [4.78, 5) is 0. The quantitative estimate of drug-likeness (QED) is 0.274. The number of hydrogen-bond acceptors (Lipinski definition) is 2. The minimum Gasteiger partial charge on any atom is -0.456 e. The molecule has 35 heavy (non-hydrogen) atoms. The van der Waals surface area contributed by atoms with Crippen LogP contribution in [0.15, 0.2) is 120 Å². The summed E-state index contributed by atoms with van der Waals surface area (Å²) in [6, 6.07) is 41.0. The lowest BCUT2D eigenvalue weighted by Gasteiger charge is -2.11. The molecule has 0 atom stereocenters. The summed E-state index contributed by atoms with van der Waals surface area (Å²) in [6.07, 6.45) is 0. The zero-order valence-corrected chi connectivity index (χ0v) is 19.2. The molecule has 2 nitrogen and oxygen atoms in total. The van der Waals surface area contributed by atoms with E-state index in [2.05, 4.69) is 115 Å². The number of benzene rings is 6. The van der Waals surface area contributed by atoms with Gasteiger partial charge in [-0.2, -0.15) is 0 Å². The van der Waals surface area contributed by atoms with E-state index in [0.717, 1.165) is 33.1 Å². The molecule has 2 heteroatoms. The smallest absolute Gasteiger partial charge is 0.136 e. The van der Waals surface area contributed by atoms with Gasteiger partial charge < -0.3 is 10.2 Å². The van der Waals surface area contributed by atoms with Gasteiger partial charge in [-0.1, -0.05) is 91.0 Å². The van der Waals surface area contributed by atoms with Gasteiger partial charge in [-0.25, -0.2) is 0 Å². The minimum absolute atomic E-state index is 0.544. The molecular formula is C33H23NO. The Hall–Kier alpha value is -4.40. The first-order valence-electron chi connectivity index (χ1n) is 12.0. The third-order valence-electron chi connectivity index (χ3n) is 7.07. The Kier molecular flexibility index (Phi) is 4.48. The molecule has 2 N–H and O–H groups in total. The van der Waals surface area contributed by atoms with Gasteiger partial charge in [0.25, 0.3) is 0 Å².